The second-order valence-corrected chi connectivity index (χ2v) is 5.07. The summed E-state index contributed by atoms with van der Waals surface area (Å²) in [5.74, 6) is 0.117. The van der Waals surface area contributed by atoms with Crippen LogP contribution in [0.25, 0.3) is 0 Å². The quantitative estimate of drug-likeness (QED) is 0.744. The Morgan fingerprint density at radius 2 is 1.88 bits per heavy atom. The Hall–Kier alpha value is -3.79. The van der Waals surface area contributed by atoms with Gasteiger partial charge in [-0.15, -0.1) is 0 Å². The highest BCUT2D eigenvalue weighted by molar-refractivity contribution is 5.92. The summed E-state index contributed by atoms with van der Waals surface area (Å²) in [6, 6.07) is 14.7. The van der Waals surface area contributed by atoms with Gasteiger partial charge in [-0.25, -0.2) is 9.97 Å². The minimum Gasteiger partial charge on any atom is -0.345 e. The second kappa shape index (κ2) is 7.66. The van der Waals surface area contributed by atoms with Crippen molar-refractivity contribution < 1.29 is 4.79 Å². The number of anilines is 2. The lowest BCUT2D eigenvalue weighted by atomic mass is 10.2. The van der Waals surface area contributed by atoms with Crippen molar-refractivity contribution in [2.24, 2.45) is 0 Å². The Balaban J connectivity index is 1.64. The molecule has 7 heteroatoms. The predicted molar refractivity (Wildman–Crippen MR) is 91.9 cm³/mol. The van der Waals surface area contributed by atoms with Crippen molar-refractivity contribution in [2.45, 2.75) is 6.54 Å². The van der Waals surface area contributed by atoms with E-state index in [1.807, 2.05) is 24.3 Å². The van der Waals surface area contributed by atoms with Gasteiger partial charge < -0.3 is 10.6 Å². The molecule has 25 heavy (non-hydrogen) atoms. The fourth-order valence-corrected chi connectivity index (χ4v) is 2.10. The van der Waals surface area contributed by atoms with Crippen LogP contribution in [-0.2, 0) is 6.54 Å². The average molecular weight is 330 g/mol. The van der Waals surface area contributed by atoms with Crippen LogP contribution in [0.2, 0.25) is 0 Å². The summed E-state index contributed by atoms with van der Waals surface area (Å²) in [4.78, 5) is 24.5. The Morgan fingerprint density at radius 3 is 2.60 bits per heavy atom. The van der Waals surface area contributed by atoms with Crippen LogP contribution in [0, 0.1) is 11.3 Å². The van der Waals surface area contributed by atoms with Gasteiger partial charge in [0, 0.05) is 6.20 Å². The molecule has 122 valence electrons. The van der Waals surface area contributed by atoms with Gasteiger partial charge in [0.25, 0.3) is 5.91 Å². The summed E-state index contributed by atoms with van der Waals surface area (Å²) in [6.07, 6.45) is 4.50. The van der Waals surface area contributed by atoms with Crippen LogP contribution in [0.5, 0.6) is 0 Å². The Kier molecular flexibility index (Phi) is 4.93. The first-order valence-corrected chi connectivity index (χ1v) is 7.52. The lowest BCUT2D eigenvalue weighted by molar-refractivity contribution is 0.0945. The van der Waals surface area contributed by atoms with Gasteiger partial charge in [-0.1, -0.05) is 18.2 Å². The molecule has 0 saturated heterocycles. The number of nitrogens with zero attached hydrogens (tertiary/aromatic N) is 4. The van der Waals surface area contributed by atoms with Gasteiger partial charge in [-0.2, -0.15) is 5.26 Å². The standard InChI is InChI=1S/C18H14N6O/c19-9-13-5-1-2-7-15(13)24-17-12-21-16(11-22-17)18(25)23-10-14-6-3-4-8-20-14/h1-8,11-12H,10H2,(H,22,24)(H,23,25). The van der Waals surface area contributed by atoms with Crippen LogP contribution >= 0.6 is 0 Å². The molecule has 0 bridgehead atoms. The van der Waals surface area contributed by atoms with Gasteiger partial charge >= 0.3 is 0 Å². The minimum atomic E-state index is -0.331. The maximum absolute atomic E-state index is 12.1. The largest absolute Gasteiger partial charge is 0.345 e. The third-order valence-electron chi connectivity index (χ3n) is 3.35. The van der Waals surface area contributed by atoms with Crippen LogP contribution in [0.3, 0.4) is 0 Å². The molecule has 2 aromatic heterocycles. The van der Waals surface area contributed by atoms with E-state index in [2.05, 4.69) is 31.7 Å². The molecule has 0 saturated carbocycles. The number of nitrogens with one attached hydrogen (secondary N) is 2. The fraction of sp³-hybridized carbons (Fsp3) is 0.0556. The Bertz CT molecular complexity index is 903. The smallest absolute Gasteiger partial charge is 0.271 e. The molecule has 0 atom stereocenters. The molecular formula is C18H14N6O. The molecule has 2 N–H and O–H groups in total. The molecule has 0 aliphatic heterocycles. The van der Waals surface area contributed by atoms with Crippen molar-refractivity contribution in [3.05, 3.63) is 78.0 Å². The van der Waals surface area contributed by atoms with Crippen molar-refractivity contribution in [3.8, 4) is 6.07 Å². The molecule has 0 aliphatic rings. The Labute approximate surface area is 144 Å². The SMILES string of the molecule is N#Cc1ccccc1Nc1cnc(C(=O)NCc2ccccn2)cn1. The fourth-order valence-electron chi connectivity index (χ4n) is 2.10. The zero-order valence-electron chi connectivity index (χ0n) is 13.2. The topological polar surface area (TPSA) is 104 Å². The van der Waals surface area contributed by atoms with E-state index in [0.717, 1.165) is 5.69 Å². The number of aromatic nitrogens is 3. The third kappa shape index (κ3) is 4.14. The molecule has 0 radical (unpaired) electrons. The van der Waals surface area contributed by atoms with Crippen LogP contribution in [0.15, 0.2) is 61.1 Å². The van der Waals surface area contributed by atoms with E-state index in [-0.39, 0.29) is 11.6 Å². The van der Waals surface area contributed by atoms with Gasteiger partial charge in [-0.3, -0.25) is 9.78 Å². The average Bonchev–Trinajstić information content (AvgIpc) is 2.68. The van der Waals surface area contributed by atoms with E-state index in [4.69, 9.17) is 5.26 Å². The van der Waals surface area contributed by atoms with Crippen LogP contribution < -0.4 is 10.6 Å². The first-order chi connectivity index (χ1) is 12.3. The molecule has 2 heterocycles. The van der Waals surface area contributed by atoms with E-state index in [1.165, 1.54) is 12.4 Å². The zero-order chi connectivity index (χ0) is 17.5. The van der Waals surface area contributed by atoms with Crippen molar-refractivity contribution in [2.75, 3.05) is 5.32 Å². The molecule has 1 amide bonds. The molecule has 1 aromatic carbocycles. The van der Waals surface area contributed by atoms with Gasteiger partial charge in [0.1, 0.15) is 17.6 Å². The number of benzene rings is 1. The third-order valence-corrected chi connectivity index (χ3v) is 3.35. The Morgan fingerprint density at radius 1 is 1.04 bits per heavy atom. The lowest BCUT2D eigenvalue weighted by Gasteiger charge is -2.08. The van der Waals surface area contributed by atoms with Crippen LogP contribution in [-0.4, -0.2) is 20.9 Å². The van der Waals surface area contributed by atoms with E-state index >= 15 is 0 Å². The van der Waals surface area contributed by atoms with E-state index in [1.54, 1.807) is 24.4 Å². The molecule has 7 nitrogen and oxygen atoms in total. The number of nitriles is 1. The number of amides is 1. The summed E-state index contributed by atoms with van der Waals surface area (Å²) in [6.45, 7) is 0.316. The highest BCUT2D eigenvalue weighted by Crippen LogP contribution is 2.18. The maximum Gasteiger partial charge on any atom is 0.271 e. The summed E-state index contributed by atoms with van der Waals surface area (Å²) < 4.78 is 0. The summed E-state index contributed by atoms with van der Waals surface area (Å²) >= 11 is 0. The number of para-hydroxylation sites is 1. The first-order valence-electron chi connectivity index (χ1n) is 7.52. The number of carbonyl (C=O) groups is 1. The predicted octanol–water partition coefficient (Wildman–Crippen LogP) is 2.42. The highest BCUT2D eigenvalue weighted by atomic mass is 16.1. The van der Waals surface area contributed by atoms with Gasteiger partial charge in [0.05, 0.1) is 35.9 Å². The summed E-state index contributed by atoms with van der Waals surface area (Å²) in [5.41, 5.74) is 2.10. The molecule has 0 unspecified atom stereocenters. The number of pyridine rings is 1. The molecular weight excluding hydrogens is 316 g/mol. The number of hydrogen-bond acceptors (Lipinski definition) is 6. The number of rotatable bonds is 5. The van der Waals surface area contributed by atoms with E-state index in [9.17, 15) is 4.79 Å². The number of hydrogen-bond donors (Lipinski definition) is 2. The first kappa shape index (κ1) is 16.1. The highest BCUT2D eigenvalue weighted by Gasteiger charge is 2.09. The normalized spacial score (nSPS) is 9.88. The molecule has 0 aliphatic carbocycles. The van der Waals surface area contributed by atoms with Crippen molar-refractivity contribution >= 4 is 17.4 Å². The van der Waals surface area contributed by atoms with Crippen molar-refractivity contribution in [1.29, 1.82) is 5.26 Å². The number of carbonyl (C=O) groups excluding carboxylic acids is 1. The van der Waals surface area contributed by atoms with Crippen molar-refractivity contribution in [1.82, 2.24) is 20.3 Å². The van der Waals surface area contributed by atoms with Crippen molar-refractivity contribution in [3.63, 3.8) is 0 Å². The van der Waals surface area contributed by atoms with E-state index in [0.29, 0.717) is 23.6 Å². The maximum atomic E-state index is 12.1. The lowest BCUT2D eigenvalue weighted by Crippen LogP contribution is -2.24. The molecule has 0 fully saturated rings. The minimum absolute atomic E-state index is 0.204. The van der Waals surface area contributed by atoms with E-state index < -0.39 is 0 Å². The monoisotopic (exact) mass is 330 g/mol. The van der Waals surface area contributed by atoms with Crippen LogP contribution in [0.4, 0.5) is 11.5 Å². The second-order valence-electron chi connectivity index (χ2n) is 5.07. The zero-order valence-corrected chi connectivity index (χ0v) is 13.2. The van der Waals surface area contributed by atoms with Gasteiger partial charge in [-0.05, 0) is 24.3 Å². The van der Waals surface area contributed by atoms with Crippen LogP contribution in [0.1, 0.15) is 21.7 Å². The van der Waals surface area contributed by atoms with Gasteiger partial charge in [0.2, 0.25) is 0 Å². The summed E-state index contributed by atoms with van der Waals surface area (Å²) in [7, 11) is 0. The molecule has 0 spiro atoms. The molecule has 3 rings (SSSR count). The molecule has 3 aromatic rings. The summed E-state index contributed by atoms with van der Waals surface area (Å²) in [5, 5.41) is 14.8. The van der Waals surface area contributed by atoms with Gasteiger partial charge in [0.15, 0.2) is 0 Å².